The van der Waals surface area contributed by atoms with Gasteiger partial charge in [0.05, 0.1) is 29.0 Å². The minimum Gasteiger partial charge on any atom is -0.493 e. The van der Waals surface area contributed by atoms with Crippen LogP contribution >= 0.6 is 0 Å². The first-order chi connectivity index (χ1) is 15.9. The van der Waals surface area contributed by atoms with Gasteiger partial charge >= 0.3 is 5.97 Å². The lowest BCUT2D eigenvalue weighted by atomic mass is 10.1. The zero-order valence-corrected chi connectivity index (χ0v) is 18.2. The second-order valence-corrected chi connectivity index (χ2v) is 7.43. The predicted molar refractivity (Wildman–Crippen MR) is 121 cm³/mol. The molecule has 1 aliphatic rings. The van der Waals surface area contributed by atoms with Crippen molar-refractivity contribution in [3.8, 4) is 5.75 Å². The van der Waals surface area contributed by atoms with E-state index < -0.39 is 17.8 Å². The van der Waals surface area contributed by atoms with E-state index in [-0.39, 0.29) is 18.0 Å². The van der Waals surface area contributed by atoms with Crippen molar-refractivity contribution in [2.75, 3.05) is 11.5 Å². The third-order valence-electron chi connectivity index (χ3n) is 5.28. The molecule has 1 heterocycles. The van der Waals surface area contributed by atoms with Gasteiger partial charge in [-0.25, -0.2) is 9.69 Å². The van der Waals surface area contributed by atoms with Gasteiger partial charge in [0.15, 0.2) is 5.78 Å². The summed E-state index contributed by atoms with van der Waals surface area (Å²) in [7, 11) is 0. The summed E-state index contributed by atoms with van der Waals surface area (Å²) in [6.07, 6.45) is 0. The summed E-state index contributed by atoms with van der Waals surface area (Å²) in [6.45, 7) is 3.65. The molecule has 0 unspecified atom stereocenters. The Balaban J connectivity index is 1.48. The topological polar surface area (TPSA) is 90.0 Å². The first-order valence-corrected chi connectivity index (χ1v) is 10.4. The SMILES string of the molecule is CCOc1ccc(C(C)=O)cc1COC(=O)c1ccc(N2C(=O)c3ccccc3C2=O)cc1. The number of Topliss-reactive ketones (excluding diaryl/α,β-unsaturated/α-hetero) is 1. The van der Waals surface area contributed by atoms with Crippen molar-refractivity contribution in [1.29, 1.82) is 0 Å². The highest BCUT2D eigenvalue weighted by atomic mass is 16.5. The number of carbonyl (C=O) groups is 4. The molecular weight excluding hydrogens is 422 g/mol. The van der Waals surface area contributed by atoms with E-state index in [4.69, 9.17) is 9.47 Å². The summed E-state index contributed by atoms with van der Waals surface area (Å²) in [6, 6.07) is 17.7. The number of hydrogen-bond donors (Lipinski definition) is 0. The molecule has 3 aromatic carbocycles. The number of hydrogen-bond acceptors (Lipinski definition) is 6. The van der Waals surface area contributed by atoms with Gasteiger partial charge in [-0.15, -0.1) is 0 Å². The molecule has 0 aliphatic carbocycles. The number of carbonyl (C=O) groups excluding carboxylic acids is 4. The lowest BCUT2D eigenvalue weighted by Crippen LogP contribution is -2.29. The van der Waals surface area contributed by atoms with Gasteiger partial charge in [-0.3, -0.25) is 14.4 Å². The number of anilines is 1. The van der Waals surface area contributed by atoms with Crippen LogP contribution in [-0.2, 0) is 11.3 Å². The summed E-state index contributed by atoms with van der Waals surface area (Å²) in [5.74, 6) is -0.954. The Morgan fingerprint density at radius 3 is 2.03 bits per heavy atom. The maximum Gasteiger partial charge on any atom is 0.338 e. The van der Waals surface area contributed by atoms with Crippen molar-refractivity contribution in [1.82, 2.24) is 0 Å². The average Bonchev–Trinajstić information content (AvgIpc) is 3.08. The van der Waals surface area contributed by atoms with E-state index >= 15 is 0 Å². The Bertz CT molecular complexity index is 1230. The minimum atomic E-state index is -0.584. The molecular formula is C26H21NO6. The van der Waals surface area contributed by atoms with Crippen molar-refractivity contribution in [3.63, 3.8) is 0 Å². The van der Waals surface area contributed by atoms with Gasteiger partial charge in [0.25, 0.3) is 11.8 Å². The normalized spacial score (nSPS) is 12.5. The molecule has 1 aliphatic heterocycles. The van der Waals surface area contributed by atoms with Crippen molar-refractivity contribution in [3.05, 3.63) is 94.5 Å². The third-order valence-corrected chi connectivity index (χ3v) is 5.28. The molecule has 0 saturated heterocycles. The molecule has 166 valence electrons. The Hall–Kier alpha value is -4.26. The van der Waals surface area contributed by atoms with Gasteiger partial charge in [0.1, 0.15) is 12.4 Å². The van der Waals surface area contributed by atoms with E-state index in [0.717, 1.165) is 4.90 Å². The molecule has 4 rings (SSSR count). The van der Waals surface area contributed by atoms with Crippen LogP contribution in [-0.4, -0.2) is 30.2 Å². The van der Waals surface area contributed by atoms with Crippen LogP contribution in [0.5, 0.6) is 5.75 Å². The largest absolute Gasteiger partial charge is 0.493 e. The van der Waals surface area contributed by atoms with Crippen LogP contribution in [0.2, 0.25) is 0 Å². The Morgan fingerprint density at radius 1 is 0.848 bits per heavy atom. The van der Waals surface area contributed by atoms with Gasteiger partial charge in [-0.2, -0.15) is 0 Å². The molecule has 33 heavy (non-hydrogen) atoms. The monoisotopic (exact) mass is 443 g/mol. The van der Waals surface area contributed by atoms with Crippen molar-refractivity contribution < 1.29 is 28.7 Å². The second kappa shape index (κ2) is 9.08. The number of esters is 1. The van der Waals surface area contributed by atoms with Crippen LogP contribution in [0.1, 0.15) is 60.8 Å². The summed E-state index contributed by atoms with van der Waals surface area (Å²) >= 11 is 0. The molecule has 0 saturated carbocycles. The molecule has 0 atom stereocenters. The van der Waals surface area contributed by atoms with Crippen LogP contribution in [0.3, 0.4) is 0 Å². The molecule has 3 aromatic rings. The van der Waals surface area contributed by atoms with E-state index in [2.05, 4.69) is 0 Å². The van der Waals surface area contributed by atoms with Gasteiger partial charge in [0.2, 0.25) is 0 Å². The summed E-state index contributed by atoms with van der Waals surface area (Å²) in [4.78, 5) is 50.6. The lowest BCUT2D eigenvalue weighted by Gasteiger charge is -2.14. The summed E-state index contributed by atoms with van der Waals surface area (Å²) in [5, 5.41) is 0. The number of ether oxygens (including phenoxy) is 2. The molecule has 0 bridgehead atoms. The number of benzene rings is 3. The van der Waals surface area contributed by atoms with Crippen LogP contribution in [0.15, 0.2) is 66.7 Å². The number of ketones is 1. The molecule has 0 N–H and O–H groups in total. The fraction of sp³-hybridized carbons (Fsp3) is 0.154. The molecule has 0 aromatic heterocycles. The number of fused-ring (bicyclic) bond motifs is 1. The Morgan fingerprint density at radius 2 is 1.45 bits per heavy atom. The minimum absolute atomic E-state index is 0.0740. The first-order valence-electron chi connectivity index (χ1n) is 10.4. The maximum atomic E-state index is 12.6. The molecule has 7 heteroatoms. The van der Waals surface area contributed by atoms with E-state index in [0.29, 0.717) is 40.3 Å². The highest BCUT2D eigenvalue weighted by Gasteiger charge is 2.36. The third kappa shape index (κ3) is 4.25. The van der Waals surface area contributed by atoms with Crippen molar-refractivity contribution in [2.24, 2.45) is 0 Å². The van der Waals surface area contributed by atoms with E-state index in [1.807, 2.05) is 6.92 Å². The quantitative estimate of drug-likeness (QED) is 0.305. The fourth-order valence-corrected chi connectivity index (χ4v) is 3.60. The number of amides is 2. The van der Waals surface area contributed by atoms with Gasteiger partial charge in [-0.05, 0) is 68.4 Å². The van der Waals surface area contributed by atoms with Crippen LogP contribution in [0.4, 0.5) is 5.69 Å². The van der Waals surface area contributed by atoms with Crippen LogP contribution < -0.4 is 9.64 Å². The highest BCUT2D eigenvalue weighted by Crippen LogP contribution is 2.28. The lowest BCUT2D eigenvalue weighted by molar-refractivity contribution is 0.0469. The molecule has 0 radical (unpaired) electrons. The number of imide groups is 1. The van der Waals surface area contributed by atoms with Gasteiger partial charge in [-0.1, -0.05) is 12.1 Å². The number of rotatable bonds is 7. The van der Waals surface area contributed by atoms with Gasteiger partial charge in [0, 0.05) is 11.1 Å². The molecule has 0 fully saturated rings. The molecule has 7 nitrogen and oxygen atoms in total. The summed E-state index contributed by atoms with van der Waals surface area (Å²) < 4.78 is 11.0. The smallest absolute Gasteiger partial charge is 0.338 e. The van der Waals surface area contributed by atoms with Gasteiger partial charge < -0.3 is 9.47 Å². The van der Waals surface area contributed by atoms with Crippen LogP contribution in [0, 0.1) is 0 Å². The molecule has 0 spiro atoms. The fourth-order valence-electron chi connectivity index (χ4n) is 3.60. The highest BCUT2D eigenvalue weighted by molar-refractivity contribution is 6.34. The maximum absolute atomic E-state index is 12.6. The predicted octanol–water partition coefficient (Wildman–Crippen LogP) is 4.45. The summed E-state index contributed by atoms with van der Waals surface area (Å²) in [5.41, 5.74) is 2.41. The van der Waals surface area contributed by atoms with E-state index in [9.17, 15) is 19.2 Å². The first kappa shape index (κ1) is 22.0. The van der Waals surface area contributed by atoms with Crippen molar-refractivity contribution >= 4 is 29.3 Å². The van der Waals surface area contributed by atoms with Crippen molar-refractivity contribution in [2.45, 2.75) is 20.5 Å². The van der Waals surface area contributed by atoms with Crippen LogP contribution in [0.25, 0.3) is 0 Å². The zero-order valence-electron chi connectivity index (χ0n) is 18.2. The Labute approximate surface area is 190 Å². The standard InChI is InChI=1S/C26H21NO6/c1-3-32-23-13-10-18(16(2)28)14-19(23)15-33-26(31)17-8-11-20(12-9-17)27-24(29)21-6-4-5-7-22(21)25(27)30/h4-14H,3,15H2,1-2H3. The average molecular weight is 443 g/mol. The molecule has 2 amide bonds. The zero-order chi connectivity index (χ0) is 23.5. The Kier molecular flexibility index (Phi) is 6.04. The second-order valence-electron chi connectivity index (χ2n) is 7.43. The van der Waals surface area contributed by atoms with E-state index in [1.54, 1.807) is 42.5 Å². The number of nitrogens with zero attached hydrogens (tertiary/aromatic N) is 1. The van der Waals surface area contributed by atoms with E-state index in [1.165, 1.54) is 31.2 Å².